The van der Waals surface area contributed by atoms with Crippen LogP contribution in [0.25, 0.3) is 0 Å². The van der Waals surface area contributed by atoms with E-state index in [2.05, 4.69) is 26.6 Å². The van der Waals surface area contributed by atoms with Gasteiger partial charge in [0.1, 0.15) is 0 Å². The molecule has 29 heavy (non-hydrogen) atoms. The van der Waals surface area contributed by atoms with Crippen LogP contribution < -0.4 is 5.19 Å². The van der Waals surface area contributed by atoms with E-state index in [9.17, 15) is 19.8 Å². The molecule has 3 rings (SSSR count). The number of rotatable bonds is 5. The average Bonchev–Trinajstić information content (AvgIpc) is 2.64. The third kappa shape index (κ3) is 4.28. The highest BCUT2D eigenvalue weighted by atomic mass is 28.3. The minimum atomic E-state index is -1.93. The number of benzene rings is 1. The summed E-state index contributed by atoms with van der Waals surface area (Å²) in [5.41, 5.74) is 4.52. The van der Waals surface area contributed by atoms with Crippen LogP contribution in [-0.4, -0.2) is 41.6 Å². The largest absolute Gasteiger partial charge is 0.479 e. The molecule has 2 N–H and O–H groups in total. The molecule has 1 aliphatic carbocycles. The number of carboxylic acids is 1. The van der Waals surface area contributed by atoms with E-state index < -0.39 is 20.1 Å². The predicted octanol–water partition coefficient (Wildman–Crippen LogP) is 3.43. The Balaban J connectivity index is 2.06. The van der Waals surface area contributed by atoms with E-state index in [1.54, 1.807) is 0 Å². The van der Waals surface area contributed by atoms with Crippen LogP contribution in [0.15, 0.2) is 0 Å². The van der Waals surface area contributed by atoms with Gasteiger partial charge >= 0.3 is 5.97 Å². The highest BCUT2D eigenvalue weighted by molar-refractivity contribution is 6.89. The summed E-state index contributed by atoms with van der Waals surface area (Å²) in [6, 6.07) is 0. The number of aliphatic hydroxyl groups is 1. The minimum Gasteiger partial charge on any atom is -0.479 e. The molecular weight excluding hydrogens is 382 g/mol. The second-order valence-corrected chi connectivity index (χ2v) is 14.9. The molecule has 2 aliphatic rings. The smallest absolute Gasteiger partial charge is 0.337 e. The fourth-order valence-electron chi connectivity index (χ4n) is 5.43. The van der Waals surface area contributed by atoms with Gasteiger partial charge in [-0.15, -0.1) is 0 Å². The Morgan fingerprint density at radius 3 is 2.28 bits per heavy atom. The fraction of sp³-hybridized carbons (Fsp3) is 0.652. The summed E-state index contributed by atoms with van der Waals surface area (Å²) in [6.07, 6.45) is 5.00. The van der Waals surface area contributed by atoms with Gasteiger partial charge in [-0.05, 0) is 60.4 Å². The van der Waals surface area contributed by atoms with Crippen LogP contribution in [-0.2, 0) is 22.6 Å². The Bertz CT molecular complexity index is 821. The van der Waals surface area contributed by atoms with E-state index in [0.717, 1.165) is 28.4 Å². The first-order valence-corrected chi connectivity index (χ1v) is 14.4. The van der Waals surface area contributed by atoms with Crippen molar-refractivity contribution in [3.05, 3.63) is 27.8 Å². The van der Waals surface area contributed by atoms with Crippen LogP contribution in [0.4, 0.5) is 0 Å². The third-order valence-corrected chi connectivity index (χ3v) is 8.95. The van der Waals surface area contributed by atoms with Gasteiger partial charge in [-0.3, -0.25) is 4.79 Å². The van der Waals surface area contributed by atoms with E-state index in [4.69, 9.17) is 0 Å². The van der Waals surface area contributed by atoms with Crippen LogP contribution in [0.1, 0.15) is 66.0 Å². The maximum atomic E-state index is 12.9. The number of hydrogen-bond donors (Lipinski definition) is 2. The summed E-state index contributed by atoms with van der Waals surface area (Å²) >= 11 is 0. The van der Waals surface area contributed by atoms with Gasteiger partial charge < -0.3 is 15.1 Å². The molecule has 0 aromatic heterocycles. The molecule has 1 saturated carbocycles. The Hall–Kier alpha value is -1.66. The molecule has 0 radical (unpaired) electrons. The molecule has 160 valence electrons. The van der Waals surface area contributed by atoms with Gasteiger partial charge in [0, 0.05) is 13.1 Å². The molecule has 0 saturated heterocycles. The number of carboxylic acid groups (broad SMARTS) is 1. The second kappa shape index (κ2) is 8.23. The van der Waals surface area contributed by atoms with Crippen molar-refractivity contribution in [3.8, 4) is 0 Å². The van der Waals surface area contributed by atoms with Gasteiger partial charge in [-0.1, -0.05) is 44.1 Å². The number of amides is 1. The van der Waals surface area contributed by atoms with Gasteiger partial charge in [0.2, 0.25) is 5.91 Å². The Kier molecular flexibility index (Phi) is 6.25. The molecule has 1 aliphatic heterocycles. The Morgan fingerprint density at radius 1 is 1.10 bits per heavy atom. The summed E-state index contributed by atoms with van der Waals surface area (Å²) in [5.74, 6) is -0.504. The Morgan fingerprint density at radius 2 is 1.72 bits per heavy atom. The zero-order chi connectivity index (χ0) is 21.5. The van der Waals surface area contributed by atoms with Crippen LogP contribution >= 0.6 is 0 Å². The number of fused-ring (bicyclic) bond motifs is 1. The molecule has 0 bridgehead atoms. The molecule has 1 fully saturated rings. The van der Waals surface area contributed by atoms with Crippen LogP contribution in [0.2, 0.25) is 19.6 Å². The van der Waals surface area contributed by atoms with Crippen molar-refractivity contribution >= 4 is 25.1 Å². The SMILES string of the molecule is Cc1c2c(c(C)c([Si](C)(C)C)c1C(O)C(=O)O)CN(CC1CCCCC1)C(=O)C2. The van der Waals surface area contributed by atoms with Gasteiger partial charge in [0.05, 0.1) is 14.5 Å². The lowest BCUT2D eigenvalue weighted by molar-refractivity contribution is -0.146. The fourth-order valence-corrected chi connectivity index (χ4v) is 7.84. The summed E-state index contributed by atoms with van der Waals surface area (Å²) in [5, 5.41) is 21.1. The third-order valence-electron chi connectivity index (χ3n) is 6.81. The van der Waals surface area contributed by atoms with Gasteiger partial charge in [0.15, 0.2) is 6.10 Å². The standard InChI is InChI=1S/C23H35NO4Si/c1-14-17-11-19(25)24(12-16-9-7-6-8-10-16)13-18(17)15(2)22(29(3,4)5)20(14)21(26)23(27)28/h16,21,26H,6-13H2,1-5H3,(H,27,28). The van der Waals surface area contributed by atoms with Crippen LogP contribution in [0, 0.1) is 19.8 Å². The topological polar surface area (TPSA) is 77.8 Å². The van der Waals surface area contributed by atoms with Crippen molar-refractivity contribution in [2.75, 3.05) is 6.54 Å². The molecule has 1 heterocycles. The van der Waals surface area contributed by atoms with Crippen molar-refractivity contribution < 1.29 is 19.8 Å². The number of hydrogen-bond acceptors (Lipinski definition) is 3. The van der Waals surface area contributed by atoms with Crippen molar-refractivity contribution in [2.24, 2.45) is 5.92 Å². The summed E-state index contributed by atoms with van der Waals surface area (Å²) in [7, 11) is -1.93. The zero-order valence-electron chi connectivity index (χ0n) is 18.5. The van der Waals surface area contributed by atoms with Crippen molar-refractivity contribution in [2.45, 2.75) is 84.7 Å². The molecule has 1 aromatic carbocycles. The molecule has 1 unspecified atom stereocenters. The first-order valence-electron chi connectivity index (χ1n) is 10.9. The van der Waals surface area contributed by atoms with E-state index in [0.29, 0.717) is 24.4 Å². The number of nitrogens with zero attached hydrogens (tertiary/aromatic N) is 1. The van der Waals surface area contributed by atoms with E-state index in [-0.39, 0.29) is 5.91 Å². The average molecular weight is 418 g/mol. The van der Waals surface area contributed by atoms with E-state index >= 15 is 0 Å². The lowest BCUT2D eigenvalue weighted by Gasteiger charge is -2.37. The van der Waals surface area contributed by atoms with E-state index in [1.165, 1.54) is 37.7 Å². The van der Waals surface area contributed by atoms with Gasteiger partial charge in [-0.25, -0.2) is 4.79 Å². The molecule has 6 heteroatoms. The highest BCUT2D eigenvalue weighted by Gasteiger charge is 2.36. The molecule has 1 atom stereocenters. The summed E-state index contributed by atoms with van der Waals surface area (Å²) in [6.45, 7) is 11.9. The van der Waals surface area contributed by atoms with Gasteiger partial charge in [0.25, 0.3) is 0 Å². The van der Waals surface area contributed by atoms with E-state index in [1.807, 2.05) is 11.8 Å². The number of carbonyl (C=O) groups is 2. The molecule has 0 spiro atoms. The number of aliphatic hydroxyl groups excluding tert-OH is 1. The Labute approximate surface area is 175 Å². The summed E-state index contributed by atoms with van der Waals surface area (Å²) in [4.78, 5) is 26.6. The quantitative estimate of drug-likeness (QED) is 0.720. The molecule has 5 nitrogen and oxygen atoms in total. The number of aliphatic carboxylic acids is 1. The molecule has 1 amide bonds. The maximum Gasteiger partial charge on any atom is 0.337 e. The second-order valence-electron chi connectivity index (χ2n) is 9.94. The lowest BCUT2D eigenvalue weighted by Crippen LogP contribution is -2.47. The minimum absolute atomic E-state index is 0.127. The van der Waals surface area contributed by atoms with Crippen molar-refractivity contribution in [1.82, 2.24) is 4.90 Å². The lowest BCUT2D eigenvalue weighted by atomic mass is 9.84. The maximum absolute atomic E-state index is 12.9. The summed E-state index contributed by atoms with van der Waals surface area (Å²) < 4.78 is 0. The monoisotopic (exact) mass is 417 g/mol. The zero-order valence-corrected chi connectivity index (χ0v) is 19.5. The van der Waals surface area contributed by atoms with Crippen molar-refractivity contribution in [1.29, 1.82) is 0 Å². The van der Waals surface area contributed by atoms with Crippen LogP contribution in [0.5, 0.6) is 0 Å². The van der Waals surface area contributed by atoms with Gasteiger partial charge in [-0.2, -0.15) is 0 Å². The predicted molar refractivity (Wildman–Crippen MR) is 117 cm³/mol. The number of carbonyl (C=O) groups excluding carboxylic acids is 1. The first-order chi connectivity index (χ1) is 13.5. The highest BCUT2D eigenvalue weighted by Crippen LogP contribution is 2.34. The normalized spacial score (nSPS) is 19.2. The van der Waals surface area contributed by atoms with Crippen LogP contribution in [0.3, 0.4) is 0 Å². The molecule has 1 aromatic rings. The molecular formula is C23H35NO4Si. The first kappa shape index (κ1) is 22.0. The van der Waals surface area contributed by atoms with Crippen molar-refractivity contribution in [3.63, 3.8) is 0 Å².